The van der Waals surface area contributed by atoms with Crippen LogP contribution in [0.5, 0.6) is 5.75 Å². The van der Waals surface area contributed by atoms with Crippen molar-refractivity contribution in [2.75, 3.05) is 14.2 Å². The lowest BCUT2D eigenvalue weighted by Gasteiger charge is -2.15. The molecule has 2 aromatic carbocycles. The summed E-state index contributed by atoms with van der Waals surface area (Å²) in [7, 11) is 3.19. The number of aryl methyl sites for hydroxylation is 1. The van der Waals surface area contributed by atoms with Gasteiger partial charge >= 0.3 is 0 Å². The first-order valence-electron chi connectivity index (χ1n) is 7.96. The molecule has 0 saturated carbocycles. The molecule has 0 fully saturated rings. The van der Waals surface area contributed by atoms with Crippen molar-refractivity contribution in [3.8, 4) is 17.1 Å². The predicted octanol–water partition coefficient (Wildman–Crippen LogP) is 3.98. The second-order valence-electron chi connectivity index (χ2n) is 5.89. The zero-order chi connectivity index (χ0) is 18.7. The first kappa shape index (κ1) is 17.9. The fourth-order valence-corrected chi connectivity index (χ4v) is 2.69. The molecule has 26 heavy (non-hydrogen) atoms. The number of carbonyl (C=O) groups is 1. The van der Waals surface area contributed by atoms with E-state index in [9.17, 15) is 4.79 Å². The van der Waals surface area contributed by atoms with Gasteiger partial charge in [0.2, 0.25) is 11.7 Å². The van der Waals surface area contributed by atoms with E-state index in [0.717, 1.165) is 11.1 Å². The maximum Gasteiger partial charge on any atom is 0.254 e. The minimum absolute atomic E-state index is 0.196. The normalized spacial score (nSPS) is 10.6. The van der Waals surface area contributed by atoms with Crippen LogP contribution in [-0.2, 0) is 6.54 Å². The van der Waals surface area contributed by atoms with E-state index in [1.807, 2.05) is 31.2 Å². The van der Waals surface area contributed by atoms with E-state index < -0.39 is 0 Å². The van der Waals surface area contributed by atoms with Gasteiger partial charge in [0.15, 0.2) is 0 Å². The zero-order valence-electron chi connectivity index (χ0n) is 14.7. The van der Waals surface area contributed by atoms with Crippen LogP contribution in [0.4, 0.5) is 0 Å². The molecule has 6 nitrogen and oxygen atoms in total. The summed E-state index contributed by atoms with van der Waals surface area (Å²) < 4.78 is 10.4. The summed E-state index contributed by atoms with van der Waals surface area (Å²) in [4.78, 5) is 18.4. The van der Waals surface area contributed by atoms with Crippen molar-refractivity contribution in [2.24, 2.45) is 0 Å². The number of aromatic nitrogens is 2. The summed E-state index contributed by atoms with van der Waals surface area (Å²) in [6, 6.07) is 12.7. The highest BCUT2D eigenvalue weighted by atomic mass is 35.5. The van der Waals surface area contributed by atoms with Crippen molar-refractivity contribution in [1.29, 1.82) is 0 Å². The van der Waals surface area contributed by atoms with Crippen LogP contribution in [-0.4, -0.2) is 35.1 Å². The third-order valence-corrected chi connectivity index (χ3v) is 4.19. The molecule has 0 unspecified atom stereocenters. The molecule has 1 aromatic heterocycles. The number of rotatable bonds is 5. The fourth-order valence-electron chi connectivity index (χ4n) is 2.43. The summed E-state index contributed by atoms with van der Waals surface area (Å²) in [6.07, 6.45) is 0. The van der Waals surface area contributed by atoms with Crippen LogP contribution >= 0.6 is 11.6 Å². The number of nitrogens with zero attached hydrogens (tertiary/aromatic N) is 3. The van der Waals surface area contributed by atoms with Gasteiger partial charge in [-0.15, -0.1) is 0 Å². The zero-order valence-corrected chi connectivity index (χ0v) is 15.4. The molecule has 0 bridgehead atoms. The number of benzene rings is 2. The summed E-state index contributed by atoms with van der Waals surface area (Å²) in [5.41, 5.74) is 2.47. The minimum atomic E-state index is -0.204. The first-order chi connectivity index (χ1) is 12.5. The van der Waals surface area contributed by atoms with Crippen LogP contribution < -0.4 is 4.74 Å². The van der Waals surface area contributed by atoms with Crippen molar-refractivity contribution >= 4 is 17.5 Å². The topological polar surface area (TPSA) is 68.5 Å². The second-order valence-corrected chi connectivity index (χ2v) is 6.30. The lowest BCUT2D eigenvalue weighted by Crippen LogP contribution is -2.26. The van der Waals surface area contributed by atoms with E-state index in [0.29, 0.717) is 28.1 Å². The molecular weight excluding hydrogens is 354 g/mol. The van der Waals surface area contributed by atoms with Gasteiger partial charge in [0, 0.05) is 18.2 Å². The SMILES string of the molecule is COc1ccc(C(=O)N(C)Cc2nc(-c3ccc(C)cc3)no2)cc1Cl. The second kappa shape index (κ2) is 7.58. The molecule has 1 amide bonds. The number of amides is 1. The predicted molar refractivity (Wildman–Crippen MR) is 98.3 cm³/mol. The molecule has 0 saturated heterocycles. The lowest BCUT2D eigenvalue weighted by molar-refractivity contribution is 0.0769. The Kier molecular flexibility index (Phi) is 5.23. The third-order valence-electron chi connectivity index (χ3n) is 3.90. The van der Waals surface area contributed by atoms with Gasteiger partial charge in [-0.25, -0.2) is 0 Å². The lowest BCUT2D eigenvalue weighted by atomic mass is 10.1. The smallest absolute Gasteiger partial charge is 0.254 e. The van der Waals surface area contributed by atoms with Gasteiger partial charge in [-0.2, -0.15) is 4.98 Å². The maximum absolute atomic E-state index is 12.6. The number of methoxy groups -OCH3 is 1. The highest BCUT2D eigenvalue weighted by Crippen LogP contribution is 2.25. The Hall–Kier alpha value is -2.86. The van der Waals surface area contributed by atoms with Crippen molar-refractivity contribution in [2.45, 2.75) is 13.5 Å². The monoisotopic (exact) mass is 371 g/mol. The highest BCUT2D eigenvalue weighted by molar-refractivity contribution is 6.32. The number of hydrogen-bond acceptors (Lipinski definition) is 5. The minimum Gasteiger partial charge on any atom is -0.495 e. The number of hydrogen-bond donors (Lipinski definition) is 0. The summed E-state index contributed by atoms with van der Waals surface area (Å²) >= 11 is 6.08. The highest BCUT2D eigenvalue weighted by Gasteiger charge is 2.17. The van der Waals surface area contributed by atoms with E-state index in [4.69, 9.17) is 20.9 Å². The molecule has 0 N–H and O–H groups in total. The van der Waals surface area contributed by atoms with Gasteiger partial charge in [-0.05, 0) is 25.1 Å². The van der Waals surface area contributed by atoms with Gasteiger partial charge < -0.3 is 14.2 Å². The average Bonchev–Trinajstić information content (AvgIpc) is 3.10. The molecule has 7 heteroatoms. The number of halogens is 1. The first-order valence-corrected chi connectivity index (χ1v) is 8.34. The van der Waals surface area contributed by atoms with Crippen LogP contribution in [0.1, 0.15) is 21.8 Å². The Balaban J connectivity index is 1.71. The molecule has 3 rings (SSSR count). The maximum atomic E-state index is 12.6. The quantitative estimate of drug-likeness (QED) is 0.678. The molecule has 0 atom stereocenters. The average molecular weight is 372 g/mol. The molecule has 0 spiro atoms. The molecule has 3 aromatic rings. The van der Waals surface area contributed by atoms with E-state index in [1.54, 1.807) is 25.2 Å². The molecule has 0 aliphatic carbocycles. The summed E-state index contributed by atoms with van der Waals surface area (Å²) in [6.45, 7) is 2.21. The van der Waals surface area contributed by atoms with Crippen LogP contribution in [0.25, 0.3) is 11.4 Å². The Morgan fingerprint density at radius 2 is 1.96 bits per heavy atom. The van der Waals surface area contributed by atoms with E-state index >= 15 is 0 Å². The van der Waals surface area contributed by atoms with Gasteiger partial charge in [0.1, 0.15) is 5.75 Å². The number of ether oxygens (including phenoxy) is 1. The van der Waals surface area contributed by atoms with E-state index in [-0.39, 0.29) is 12.5 Å². The van der Waals surface area contributed by atoms with Crippen LogP contribution in [0.15, 0.2) is 47.0 Å². The molecular formula is C19H18ClN3O3. The molecule has 1 heterocycles. The van der Waals surface area contributed by atoms with Gasteiger partial charge in [0.25, 0.3) is 5.91 Å². The van der Waals surface area contributed by atoms with Crippen molar-refractivity contribution in [3.05, 3.63) is 64.5 Å². The van der Waals surface area contributed by atoms with Crippen LogP contribution in [0, 0.1) is 6.92 Å². The molecule has 134 valence electrons. The Morgan fingerprint density at radius 1 is 1.23 bits per heavy atom. The fraction of sp³-hybridized carbons (Fsp3) is 0.211. The largest absolute Gasteiger partial charge is 0.495 e. The van der Waals surface area contributed by atoms with E-state index in [1.165, 1.54) is 12.0 Å². The molecule has 0 aliphatic heterocycles. The Labute approximate surface area is 156 Å². The summed E-state index contributed by atoms with van der Waals surface area (Å²) in [5.74, 6) is 1.17. The van der Waals surface area contributed by atoms with Crippen LogP contribution in [0.2, 0.25) is 5.02 Å². The number of carbonyl (C=O) groups excluding carboxylic acids is 1. The molecule has 0 aliphatic rings. The van der Waals surface area contributed by atoms with E-state index in [2.05, 4.69) is 10.1 Å². The Morgan fingerprint density at radius 3 is 2.62 bits per heavy atom. The summed E-state index contributed by atoms with van der Waals surface area (Å²) in [5, 5.41) is 4.36. The molecule has 0 radical (unpaired) electrons. The van der Waals surface area contributed by atoms with Gasteiger partial charge in [-0.3, -0.25) is 4.79 Å². The standard InChI is InChI=1S/C19H18ClN3O3/c1-12-4-6-13(7-5-12)18-21-17(26-22-18)11-23(2)19(24)14-8-9-16(25-3)15(20)10-14/h4-10H,11H2,1-3H3. The Bertz CT molecular complexity index is 922. The van der Waals surface area contributed by atoms with Gasteiger partial charge in [-0.1, -0.05) is 46.6 Å². The van der Waals surface area contributed by atoms with Crippen molar-refractivity contribution in [1.82, 2.24) is 15.0 Å². The van der Waals surface area contributed by atoms with Crippen molar-refractivity contribution < 1.29 is 14.1 Å². The van der Waals surface area contributed by atoms with Gasteiger partial charge in [0.05, 0.1) is 18.7 Å². The third kappa shape index (κ3) is 3.86. The van der Waals surface area contributed by atoms with Crippen LogP contribution in [0.3, 0.4) is 0 Å². The van der Waals surface area contributed by atoms with Crippen molar-refractivity contribution in [3.63, 3.8) is 0 Å².